The zero-order valence-corrected chi connectivity index (χ0v) is 5.66. The Bertz CT molecular complexity index is 246. The van der Waals surface area contributed by atoms with E-state index in [0.717, 1.165) is 0 Å². The molecule has 0 heterocycles. The molecule has 1 amide bonds. The maximum atomic E-state index is 10.2. The van der Waals surface area contributed by atoms with E-state index in [1.165, 1.54) is 4.72 Å². The van der Waals surface area contributed by atoms with Gasteiger partial charge in [-0.05, 0) is 11.6 Å². The first-order chi connectivity index (χ1) is 4.12. The highest BCUT2D eigenvalue weighted by molar-refractivity contribution is 7.94. The molecule has 9 heavy (non-hydrogen) atoms. The van der Waals surface area contributed by atoms with Crippen molar-refractivity contribution in [3.8, 4) is 10.6 Å². The van der Waals surface area contributed by atoms with Crippen LogP contribution in [-0.4, -0.2) is 14.8 Å². The SMILES string of the molecule is O=CNS(=O)(=O)C#CCl. The lowest BCUT2D eigenvalue weighted by molar-refractivity contribution is -0.108. The van der Waals surface area contributed by atoms with Gasteiger partial charge in [0.15, 0.2) is 0 Å². The van der Waals surface area contributed by atoms with Gasteiger partial charge in [0, 0.05) is 5.38 Å². The van der Waals surface area contributed by atoms with Crippen molar-refractivity contribution in [1.29, 1.82) is 0 Å². The van der Waals surface area contributed by atoms with E-state index in [9.17, 15) is 13.2 Å². The molecule has 0 fully saturated rings. The number of halogens is 1. The van der Waals surface area contributed by atoms with Gasteiger partial charge < -0.3 is 0 Å². The minimum Gasteiger partial charge on any atom is -0.278 e. The molecule has 0 spiro atoms. The number of hydrogen-bond donors (Lipinski definition) is 1. The predicted octanol–water partition coefficient (Wildman–Crippen LogP) is -0.781. The second kappa shape index (κ2) is 3.33. The average Bonchev–Trinajstić information content (AvgIpc) is 1.64. The number of amides is 1. The Labute approximate surface area is 57.2 Å². The van der Waals surface area contributed by atoms with E-state index < -0.39 is 10.0 Å². The van der Waals surface area contributed by atoms with Crippen molar-refractivity contribution in [2.24, 2.45) is 0 Å². The Hall–Kier alpha value is -0.730. The fourth-order valence-corrected chi connectivity index (χ4v) is 0.735. The fraction of sp³-hybridized carbons (Fsp3) is 0. The van der Waals surface area contributed by atoms with Crippen molar-refractivity contribution in [3.05, 3.63) is 0 Å². The van der Waals surface area contributed by atoms with E-state index >= 15 is 0 Å². The number of carbonyl (C=O) groups excluding carboxylic acids is 1. The lowest BCUT2D eigenvalue weighted by atomic mass is 11.4. The monoisotopic (exact) mass is 167 g/mol. The van der Waals surface area contributed by atoms with E-state index in [4.69, 9.17) is 11.6 Å². The molecular weight excluding hydrogens is 166 g/mol. The van der Waals surface area contributed by atoms with E-state index in [0.29, 0.717) is 0 Å². The maximum Gasteiger partial charge on any atom is 0.305 e. The zero-order chi connectivity index (χ0) is 7.33. The van der Waals surface area contributed by atoms with Crippen LogP contribution in [0.3, 0.4) is 0 Å². The third-order valence-electron chi connectivity index (χ3n) is 0.376. The molecule has 0 aromatic rings. The highest BCUT2D eigenvalue weighted by Crippen LogP contribution is 1.76. The van der Waals surface area contributed by atoms with E-state index in [1.807, 2.05) is 0 Å². The second-order valence-corrected chi connectivity index (χ2v) is 2.57. The van der Waals surface area contributed by atoms with Gasteiger partial charge >= 0.3 is 10.0 Å². The van der Waals surface area contributed by atoms with Gasteiger partial charge in [0.1, 0.15) is 0 Å². The Balaban J connectivity index is 4.35. The number of hydrogen-bond acceptors (Lipinski definition) is 3. The van der Waals surface area contributed by atoms with Crippen molar-refractivity contribution in [2.75, 3.05) is 0 Å². The highest BCUT2D eigenvalue weighted by Gasteiger charge is 1.99. The minimum absolute atomic E-state index is 0.0105. The first-order valence-corrected chi connectivity index (χ1v) is 3.57. The van der Waals surface area contributed by atoms with Gasteiger partial charge in [-0.2, -0.15) is 8.42 Å². The average molecular weight is 168 g/mol. The Morgan fingerprint density at radius 3 is 2.44 bits per heavy atom. The summed E-state index contributed by atoms with van der Waals surface area (Å²) in [5.41, 5.74) is 0. The van der Waals surface area contributed by atoms with E-state index in [1.54, 1.807) is 10.6 Å². The maximum absolute atomic E-state index is 10.2. The summed E-state index contributed by atoms with van der Waals surface area (Å²) in [6.07, 6.45) is 0.0105. The molecule has 0 aliphatic heterocycles. The van der Waals surface area contributed by atoms with Gasteiger partial charge in [-0.25, -0.2) is 4.72 Å². The molecule has 1 N–H and O–H groups in total. The van der Waals surface area contributed by atoms with Crippen LogP contribution in [0.15, 0.2) is 0 Å². The summed E-state index contributed by atoms with van der Waals surface area (Å²) < 4.78 is 21.9. The molecule has 6 heteroatoms. The van der Waals surface area contributed by atoms with Gasteiger partial charge in [-0.1, -0.05) is 0 Å². The van der Waals surface area contributed by atoms with Crippen molar-refractivity contribution in [3.63, 3.8) is 0 Å². The molecular formula is C3H2ClNO3S. The van der Waals surface area contributed by atoms with Gasteiger partial charge in [0.2, 0.25) is 6.41 Å². The van der Waals surface area contributed by atoms with Gasteiger partial charge in [-0.3, -0.25) is 4.79 Å². The van der Waals surface area contributed by atoms with E-state index in [2.05, 4.69) is 0 Å². The molecule has 0 saturated heterocycles. The molecule has 0 aliphatic rings. The van der Waals surface area contributed by atoms with Gasteiger partial charge in [0.25, 0.3) is 0 Å². The Kier molecular flexibility index (Phi) is 3.06. The van der Waals surface area contributed by atoms with Crippen molar-refractivity contribution in [1.82, 2.24) is 4.72 Å². The molecule has 0 aromatic carbocycles. The first kappa shape index (κ1) is 8.27. The zero-order valence-electron chi connectivity index (χ0n) is 4.09. The third-order valence-corrected chi connectivity index (χ3v) is 1.36. The number of rotatable bonds is 2. The lowest BCUT2D eigenvalue weighted by Crippen LogP contribution is -2.18. The lowest BCUT2D eigenvalue weighted by Gasteiger charge is -1.85. The molecule has 0 bridgehead atoms. The Morgan fingerprint density at radius 2 is 2.11 bits per heavy atom. The summed E-state index contributed by atoms with van der Waals surface area (Å²) in [4.78, 5) is 9.49. The first-order valence-electron chi connectivity index (χ1n) is 1.70. The van der Waals surface area contributed by atoms with Crippen LogP contribution in [0.5, 0.6) is 0 Å². The molecule has 0 radical (unpaired) electrons. The van der Waals surface area contributed by atoms with Gasteiger partial charge in [0.05, 0.1) is 5.25 Å². The molecule has 0 unspecified atom stereocenters. The summed E-state index contributed by atoms with van der Waals surface area (Å²) in [6.45, 7) is 0. The standard InChI is InChI=1S/C3H2ClNO3S/c4-1-2-9(7,8)5-3-6/h3H,(H,5,6). The van der Waals surface area contributed by atoms with Crippen LogP contribution in [0, 0.1) is 10.6 Å². The summed E-state index contributed by atoms with van der Waals surface area (Å²) >= 11 is 4.73. The molecule has 4 nitrogen and oxygen atoms in total. The normalized spacial score (nSPS) is 9.00. The summed E-state index contributed by atoms with van der Waals surface area (Å²) in [5.74, 6) is 0. The molecule has 0 rings (SSSR count). The minimum atomic E-state index is -3.79. The molecule has 0 saturated carbocycles. The molecule has 0 aliphatic carbocycles. The van der Waals surface area contributed by atoms with Crippen LogP contribution in [0.4, 0.5) is 0 Å². The molecule has 0 atom stereocenters. The Morgan fingerprint density at radius 1 is 1.56 bits per heavy atom. The third kappa shape index (κ3) is 3.82. The molecule has 50 valence electrons. The number of carbonyl (C=O) groups is 1. The van der Waals surface area contributed by atoms with Crippen LogP contribution in [0.25, 0.3) is 0 Å². The van der Waals surface area contributed by atoms with Gasteiger partial charge in [-0.15, -0.1) is 0 Å². The van der Waals surface area contributed by atoms with Crippen molar-refractivity contribution < 1.29 is 13.2 Å². The summed E-state index contributed by atoms with van der Waals surface area (Å²) in [7, 11) is -3.79. The van der Waals surface area contributed by atoms with Crippen LogP contribution in [-0.2, 0) is 14.8 Å². The van der Waals surface area contributed by atoms with E-state index in [-0.39, 0.29) is 6.41 Å². The topological polar surface area (TPSA) is 63.2 Å². The second-order valence-electron chi connectivity index (χ2n) is 0.936. The van der Waals surface area contributed by atoms with Crippen LogP contribution >= 0.6 is 11.6 Å². The number of sulfonamides is 1. The highest BCUT2D eigenvalue weighted by atomic mass is 35.5. The fourth-order valence-electron chi connectivity index (χ4n) is 0.144. The van der Waals surface area contributed by atoms with Crippen LogP contribution < -0.4 is 4.72 Å². The number of nitrogens with one attached hydrogen (secondary N) is 1. The quantitative estimate of drug-likeness (QED) is 0.434. The van der Waals surface area contributed by atoms with Crippen LogP contribution in [0.2, 0.25) is 0 Å². The summed E-state index contributed by atoms with van der Waals surface area (Å²) in [5, 5.41) is 3.17. The van der Waals surface area contributed by atoms with Crippen molar-refractivity contribution in [2.45, 2.75) is 0 Å². The largest absolute Gasteiger partial charge is 0.305 e. The molecule has 0 aromatic heterocycles. The van der Waals surface area contributed by atoms with Crippen LogP contribution in [0.1, 0.15) is 0 Å². The predicted molar refractivity (Wildman–Crippen MR) is 31.7 cm³/mol. The summed E-state index contributed by atoms with van der Waals surface area (Å²) in [6, 6.07) is 0. The smallest absolute Gasteiger partial charge is 0.278 e. The van der Waals surface area contributed by atoms with Crippen molar-refractivity contribution >= 4 is 28.0 Å².